The highest BCUT2D eigenvalue weighted by Gasteiger charge is 2.17. The lowest BCUT2D eigenvalue weighted by molar-refractivity contribution is 0.103. The monoisotopic (exact) mass is 308 g/mol. The molecule has 0 aliphatic rings. The first-order chi connectivity index (χ1) is 9.96. The number of ether oxygens (including phenoxy) is 2. The van der Waals surface area contributed by atoms with E-state index in [9.17, 15) is 9.18 Å². The molecule has 0 unspecified atom stereocenters. The Morgan fingerprint density at radius 1 is 1.05 bits per heavy atom. The third-order valence-electron chi connectivity index (χ3n) is 3.00. The van der Waals surface area contributed by atoms with E-state index < -0.39 is 5.82 Å². The minimum Gasteiger partial charge on any atom is -0.493 e. The summed E-state index contributed by atoms with van der Waals surface area (Å²) in [6.45, 7) is 1.72. The molecule has 0 fully saturated rings. The molecule has 0 saturated carbocycles. The fourth-order valence-corrected chi connectivity index (χ4v) is 2.37. The van der Waals surface area contributed by atoms with Gasteiger partial charge in [-0.3, -0.25) is 4.79 Å². The molecule has 110 valence electrons. The molecule has 5 heteroatoms. The number of carbonyl (C=O) groups excluding carboxylic acids is 1. The van der Waals surface area contributed by atoms with Crippen LogP contribution < -0.4 is 9.47 Å². The van der Waals surface area contributed by atoms with Gasteiger partial charge in [0, 0.05) is 11.1 Å². The summed E-state index contributed by atoms with van der Waals surface area (Å²) in [6.07, 6.45) is 0. The molecule has 3 nitrogen and oxygen atoms in total. The maximum Gasteiger partial charge on any atom is 0.193 e. The number of hydrogen-bond acceptors (Lipinski definition) is 3. The van der Waals surface area contributed by atoms with Crippen LogP contribution in [0.5, 0.6) is 11.5 Å². The van der Waals surface area contributed by atoms with E-state index in [1.54, 1.807) is 13.0 Å². The van der Waals surface area contributed by atoms with Crippen LogP contribution in [-0.4, -0.2) is 20.0 Å². The molecule has 0 bridgehead atoms. The van der Waals surface area contributed by atoms with Crippen LogP contribution >= 0.6 is 11.6 Å². The van der Waals surface area contributed by atoms with Crippen molar-refractivity contribution in [2.24, 2.45) is 0 Å². The van der Waals surface area contributed by atoms with Gasteiger partial charge in [0.15, 0.2) is 17.3 Å². The Hall–Kier alpha value is -2.07. The highest BCUT2D eigenvalue weighted by Crippen LogP contribution is 2.36. The van der Waals surface area contributed by atoms with Gasteiger partial charge in [0.05, 0.1) is 19.2 Å². The first kappa shape index (κ1) is 15.3. The van der Waals surface area contributed by atoms with Crippen molar-refractivity contribution in [1.82, 2.24) is 0 Å². The molecule has 0 aliphatic carbocycles. The van der Waals surface area contributed by atoms with Crippen LogP contribution in [0.2, 0.25) is 5.02 Å². The first-order valence-corrected chi connectivity index (χ1v) is 6.57. The van der Waals surface area contributed by atoms with E-state index in [0.717, 1.165) is 0 Å². The predicted octanol–water partition coefficient (Wildman–Crippen LogP) is 4.04. The number of methoxy groups -OCH3 is 2. The summed E-state index contributed by atoms with van der Waals surface area (Å²) in [5, 5.41) is 0.258. The fraction of sp³-hybridized carbons (Fsp3) is 0.188. The number of aryl methyl sites for hydroxylation is 1. The smallest absolute Gasteiger partial charge is 0.193 e. The van der Waals surface area contributed by atoms with Gasteiger partial charge in [-0.2, -0.15) is 0 Å². The summed E-state index contributed by atoms with van der Waals surface area (Å²) in [6, 6.07) is 7.17. The summed E-state index contributed by atoms with van der Waals surface area (Å²) in [5.74, 6) is -0.0852. The lowest BCUT2D eigenvalue weighted by atomic mass is 10.0. The average Bonchev–Trinajstić information content (AvgIpc) is 2.44. The number of hydrogen-bond donors (Lipinski definition) is 0. The van der Waals surface area contributed by atoms with Gasteiger partial charge in [0.2, 0.25) is 0 Å². The van der Waals surface area contributed by atoms with Crippen LogP contribution in [0.4, 0.5) is 4.39 Å². The highest BCUT2D eigenvalue weighted by molar-refractivity contribution is 6.33. The molecule has 2 aromatic carbocycles. The topological polar surface area (TPSA) is 35.5 Å². The van der Waals surface area contributed by atoms with Crippen LogP contribution in [0.25, 0.3) is 0 Å². The molecule has 0 saturated heterocycles. The summed E-state index contributed by atoms with van der Waals surface area (Å²) in [7, 11) is 2.91. The minimum absolute atomic E-state index is 0.258. The van der Waals surface area contributed by atoms with Gasteiger partial charge in [0.1, 0.15) is 5.82 Å². The molecule has 0 atom stereocenters. The molecular weight excluding hydrogens is 295 g/mol. The fourth-order valence-electron chi connectivity index (χ4n) is 2.08. The van der Waals surface area contributed by atoms with Crippen molar-refractivity contribution in [1.29, 1.82) is 0 Å². The molecule has 0 radical (unpaired) electrons. The van der Waals surface area contributed by atoms with Crippen molar-refractivity contribution in [3.8, 4) is 11.5 Å². The van der Waals surface area contributed by atoms with Crippen molar-refractivity contribution in [2.45, 2.75) is 6.92 Å². The lowest BCUT2D eigenvalue weighted by Gasteiger charge is -2.11. The zero-order valence-corrected chi connectivity index (χ0v) is 12.6. The molecule has 0 N–H and O–H groups in total. The zero-order chi connectivity index (χ0) is 15.6. The second-order valence-electron chi connectivity index (χ2n) is 4.54. The predicted molar refractivity (Wildman–Crippen MR) is 79.1 cm³/mol. The third kappa shape index (κ3) is 3.16. The van der Waals surface area contributed by atoms with Gasteiger partial charge < -0.3 is 9.47 Å². The second kappa shape index (κ2) is 6.14. The van der Waals surface area contributed by atoms with Crippen molar-refractivity contribution in [2.75, 3.05) is 14.2 Å². The molecular formula is C16H14ClFO3. The van der Waals surface area contributed by atoms with Gasteiger partial charge in [-0.15, -0.1) is 0 Å². The third-order valence-corrected chi connectivity index (χ3v) is 3.28. The van der Waals surface area contributed by atoms with Crippen LogP contribution in [0.1, 0.15) is 21.5 Å². The van der Waals surface area contributed by atoms with E-state index in [-0.39, 0.29) is 16.4 Å². The number of ketones is 1. The number of halogens is 2. The lowest BCUT2D eigenvalue weighted by Crippen LogP contribution is -2.04. The molecule has 2 rings (SSSR count). The van der Waals surface area contributed by atoms with Crippen LogP contribution in [0, 0.1) is 12.7 Å². The Morgan fingerprint density at radius 2 is 1.71 bits per heavy atom. The Labute approximate surface area is 127 Å². The summed E-state index contributed by atoms with van der Waals surface area (Å²) in [5.41, 5.74) is 1.24. The largest absolute Gasteiger partial charge is 0.493 e. The van der Waals surface area contributed by atoms with Crippen molar-refractivity contribution < 1.29 is 18.7 Å². The normalized spacial score (nSPS) is 10.3. The molecule has 0 amide bonds. The summed E-state index contributed by atoms with van der Waals surface area (Å²) < 4.78 is 23.7. The molecule has 0 spiro atoms. The van der Waals surface area contributed by atoms with E-state index in [1.807, 2.05) is 0 Å². The van der Waals surface area contributed by atoms with Gasteiger partial charge >= 0.3 is 0 Å². The first-order valence-electron chi connectivity index (χ1n) is 6.19. The quantitative estimate of drug-likeness (QED) is 0.800. The van der Waals surface area contributed by atoms with Gasteiger partial charge in [-0.25, -0.2) is 4.39 Å². The minimum atomic E-state index is -0.454. The second-order valence-corrected chi connectivity index (χ2v) is 4.95. The van der Waals surface area contributed by atoms with E-state index >= 15 is 0 Å². The van der Waals surface area contributed by atoms with Crippen molar-refractivity contribution in [3.63, 3.8) is 0 Å². The zero-order valence-electron chi connectivity index (χ0n) is 11.9. The molecule has 0 aliphatic heterocycles. The SMILES string of the molecule is COc1cc(C(=O)c2cc(C)cc(F)c2)cc(Cl)c1OC. The van der Waals surface area contributed by atoms with E-state index in [0.29, 0.717) is 22.6 Å². The Morgan fingerprint density at radius 3 is 2.29 bits per heavy atom. The van der Waals surface area contributed by atoms with Crippen LogP contribution in [0.3, 0.4) is 0 Å². The highest BCUT2D eigenvalue weighted by atomic mass is 35.5. The number of rotatable bonds is 4. The van der Waals surface area contributed by atoms with Crippen LogP contribution in [-0.2, 0) is 0 Å². The Bertz CT molecular complexity index is 678. The van der Waals surface area contributed by atoms with E-state index in [4.69, 9.17) is 21.1 Å². The van der Waals surface area contributed by atoms with Gasteiger partial charge in [-0.05, 0) is 42.8 Å². The van der Waals surface area contributed by atoms with Gasteiger partial charge in [0.25, 0.3) is 0 Å². The average molecular weight is 309 g/mol. The van der Waals surface area contributed by atoms with Crippen LogP contribution in [0.15, 0.2) is 30.3 Å². The summed E-state index contributed by atoms with van der Waals surface area (Å²) in [4.78, 5) is 12.4. The maximum atomic E-state index is 13.4. The van der Waals surface area contributed by atoms with Gasteiger partial charge in [-0.1, -0.05) is 11.6 Å². The Kier molecular flexibility index (Phi) is 4.48. The number of benzene rings is 2. The van der Waals surface area contributed by atoms with Crippen molar-refractivity contribution >= 4 is 17.4 Å². The van der Waals surface area contributed by atoms with E-state index in [2.05, 4.69) is 0 Å². The molecule has 21 heavy (non-hydrogen) atoms. The number of carbonyl (C=O) groups is 1. The molecule has 0 heterocycles. The standard InChI is InChI=1S/C16H14ClFO3/c1-9-4-10(6-12(18)5-9)15(19)11-7-13(17)16(21-3)14(8-11)20-2/h4-8H,1-3H3. The van der Waals surface area contributed by atoms with Crippen molar-refractivity contribution in [3.05, 3.63) is 57.9 Å². The molecule has 2 aromatic rings. The summed E-state index contributed by atoms with van der Waals surface area (Å²) >= 11 is 6.08. The van der Waals surface area contributed by atoms with E-state index in [1.165, 1.54) is 38.5 Å². The molecule has 0 aromatic heterocycles. The maximum absolute atomic E-state index is 13.4. The Balaban J connectivity index is 2.51.